The average molecular weight is 1540 g/mol. The maximum atomic E-state index is 13.2. The number of ether oxygens (including phenoxy) is 13. The van der Waals surface area contributed by atoms with Crippen LogP contribution in [0.3, 0.4) is 0 Å². The molecule has 107 heavy (non-hydrogen) atoms. The fraction of sp³-hybridized carbons (Fsp3) is 0.690. The number of aliphatic hydroxyl groups is 5. The van der Waals surface area contributed by atoms with E-state index in [4.69, 9.17) is 101 Å². The molecule has 2 fully saturated rings. The number of methoxy groups -OCH3 is 4. The molecule has 5 heterocycles. The van der Waals surface area contributed by atoms with Gasteiger partial charge in [-0.2, -0.15) is 12.6 Å². The van der Waals surface area contributed by atoms with E-state index in [-0.39, 0.29) is 128 Å². The van der Waals surface area contributed by atoms with Crippen LogP contribution < -0.4 is 20.3 Å². The normalized spacial score (nSPS) is 15.3. The van der Waals surface area contributed by atoms with Crippen LogP contribution in [-0.2, 0) is 85.6 Å². The van der Waals surface area contributed by atoms with Crippen LogP contribution >= 0.6 is 12.6 Å². The molecule has 36 heteroatoms. The number of aromatic nitrogens is 3. The summed E-state index contributed by atoms with van der Waals surface area (Å²) in [5, 5.41) is 59.4. The van der Waals surface area contributed by atoms with Crippen LogP contribution in [0.2, 0.25) is 0 Å². The van der Waals surface area contributed by atoms with Crippen molar-refractivity contribution in [1.29, 1.82) is 0 Å². The van der Waals surface area contributed by atoms with Crippen LogP contribution in [0.1, 0.15) is 111 Å². The molecule has 2 saturated heterocycles. The molecule has 0 bridgehead atoms. The predicted octanol–water partition coefficient (Wildman–Crippen LogP) is 3.77. The Morgan fingerprint density at radius 3 is 1.50 bits per heavy atom. The zero-order valence-corrected chi connectivity index (χ0v) is 63.8. The number of aliphatic hydroxyl groups excluding tert-OH is 5. The Balaban J connectivity index is 0.000000466. The van der Waals surface area contributed by atoms with E-state index in [9.17, 15) is 38.7 Å². The Hall–Kier alpha value is -7.11. The summed E-state index contributed by atoms with van der Waals surface area (Å²) < 4.78 is 74.0. The number of amides is 3. The summed E-state index contributed by atoms with van der Waals surface area (Å²) in [6.45, 7) is 12.9. The molecule has 8 atom stereocenters. The van der Waals surface area contributed by atoms with Crippen molar-refractivity contribution in [3.05, 3.63) is 42.6 Å². The number of carbonyl (C=O) groups excluding carboxylic acids is 6. The molecule has 8 unspecified atom stereocenters. The van der Waals surface area contributed by atoms with E-state index in [0.29, 0.717) is 156 Å². The summed E-state index contributed by atoms with van der Waals surface area (Å²) in [5.41, 5.74) is 2.42. The number of thiol groups is 1. The number of morpholine rings is 1. The number of nitrogens with one attached hydrogen (secondary N) is 2. The third-order valence-corrected chi connectivity index (χ3v) is 16.4. The van der Waals surface area contributed by atoms with E-state index >= 15 is 0 Å². The predicted molar refractivity (Wildman–Crippen MR) is 391 cm³/mol. The van der Waals surface area contributed by atoms with Crippen molar-refractivity contribution < 1.29 is 130 Å². The Morgan fingerprint density at radius 2 is 1.05 bits per heavy atom. The van der Waals surface area contributed by atoms with Crippen molar-refractivity contribution in [2.75, 3.05) is 164 Å². The molecule has 606 valence electrons. The number of fused-ring (bicyclic) bond motifs is 3. The number of rotatable bonds is 47. The lowest BCUT2D eigenvalue weighted by atomic mass is 10.2. The Kier molecular flexibility index (Phi) is 49.4. The minimum atomic E-state index is -0.945. The molecule has 2 aliphatic heterocycles. The number of furan rings is 1. The fourth-order valence-corrected chi connectivity index (χ4v) is 9.90. The van der Waals surface area contributed by atoms with E-state index < -0.39 is 61.2 Å². The minimum absolute atomic E-state index is 0.0416. The van der Waals surface area contributed by atoms with E-state index in [0.717, 1.165) is 5.39 Å². The summed E-state index contributed by atoms with van der Waals surface area (Å²) in [6, 6.07) is 11.0. The number of anilines is 1. The van der Waals surface area contributed by atoms with E-state index in [2.05, 4.69) is 38.0 Å². The lowest BCUT2D eigenvalue weighted by molar-refractivity contribution is -0.194. The van der Waals surface area contributed by atoms with Gasteiger partial charge in [-0.25, -0.2) is 19.7 Å². The molecule has 3 aromatic heterocycles. The molecule has 6 rings (SSSR count). The molecule has 3 amide bonds. The zero-order valence-electron chi connectivity index (χ0n) is 62.9. The van der Waals surface area contributed by atoms with Gasteiger partial charge in [-0.15, -0.1) is 0 Å². The molecule has 2 aliphatic rings. The number of piperazine rings is 1. The lowest BCUT2D eigenvalue weighted by Gasteiger charge is -2.34. The van der Waals surface area contributed by atoms with Gasteiger partial charge >= 0.3 is 30.0 Å². The van der Waals surface area contributed by atoms with Crippen molar-refractivity contribution in [3.8, 4) is 17.1 Å². The van der Waals surface area contributed by atoms with Crippen LogP contribution in [0.5, 0.6) is 5.75 Å². The summed E-state index contributed by atoms with van der Waals surface area (Å²) >= 11 is 3.98. The highest BCUT2D eigenvalue weighted by molar-refractivity contribution is 7.80. The number of hydrogen-bond acceptors (Lipinski definition) is 32. The van der Waals surface area contributed by atoms with Crippen molar-refractivity contribution in [3.63, 3.8) is 0 Å². The van der Waals surface area contributed by atoms with Gasteiger partial charge in [-0.1, -0.05) is 39.8 Å². The van der Waals surface area contributed by atoms with Gasteiger partial charge in [0.2, 0.25) is 17.5 Å². The third-order valence-electron chi connectivity index (χ3n) is 16.2. The van der Waals surface area contributed by atoms with Gasteiger partial charge < -0.3 is 117 Å². The van der Waals surface area contributed by atoms with Crippen molar-refractivity contribution in [1.82, 2.24) is 35.4 Å². The second-order valence-electron chi connectivity index (χ2n) is 24.0. The van der Waals surface area contributed by atoms with E-state index in [1.807, 2.05) is 52.0 Å². The second-order valence-corrected chi connectivity index (χ2v) is 24.4. The van der Waals surface area contributed by atoms with Gasteiger partial charge in [0.15, 0.2) is 42.4 Å². The summed E-state index contributed by atoms with van der Waals surface area (Å²) in [5.74, 6) is -0.451. The number of nitrogens with zero attached hydrogens (tertiary/aromatic N) is 6. The molecule has 0 spiro atoms. The van der Waals surface area contributed by atoms with E-state index in [1.165, 1.54) is 28.4 Å². The molecular formula is C71H114N8O27S. The van der Waals surface area contributed by atoms with E-state index in [1.54, 1.807) is 23.2 Å². The van der Waals surface area contributed by atoms with Gasteiger partial charge in [-0.05, 0) is 69.2 Å². The molecule has 35 nitrogen and oxygen atoms in total. The monoisotopic (exact) mass is 1540 g/mol. The molecule has 0 aliphatic carbocycles. The van der Waals surface area contributed by atoms with Crippen LogP contribution in [0.15, 0.2) is 47.0 Å². The molecule has 8 N–H and O–H groups in total. The highest BCUT2D eigenvalue weighted by atomic mass is 32.1. The number of esters is 3. The zero-order chi connectivity index (χ0) is 78.7. The van der Waals surface area contributed by atoms with Crippen molar-refractivity contribution in [2.45, 2.75) is 161 Å². The van der Waals surface area contributed by atoms with Gasteiger partial charge in [0.1, 0.15) is 31.1 Å². The number of carboxylic acid groups (broad SMARTS) is 1. The molecular weight excluding hydrogens is 1430 g/mol. The number of aliphatic carboxylic acids is 1. The fourth-order valence-electron chi connectivity index (χ4n) is 9.79. The smallest absolute Gasteiger partial charge is 0.415 e. The van der Waals surface area contributed by atoms with Crippen LogP contribution in [0.25, 0.3) is 33.6 Å². The second kappa shape index (κ2) is 56.2. The topological polar surface area (TPSA) is 446 Å². The third kappa shape index (κ3) is 37.7. The van der Waals surface area contributed by atoms with Gasteiger partial charge in [0.25, 0.3) is 0 Å². The Morgan fingerprint density at radius 1 is 0.570 bits per heavy atom. The quantitative estimate of drug-likeness (QED) is 0.0131. The van der Waals surface area contributed by atoms with Crippen LogP contribution in [0, 0.1) is 0 Å². The first-order valence-corrected chi connectivity index (χ1v) is 36.6. The maximum absolute atomic E-state index is 13.2. The first-order chi connectivity index (χ1) is 51.7. The van der Waals surface area contributed by atoms with Crippen molar-refractivity contribution in [2.24, 2.45) is 0 Å². The largest absolute Gasteiger partial charge is 0.481 e. The highest BCUT2D eigenvalue weighted by Gasteiger charge is 2.27. The maximum Gasteiger partial charge on any atom is 0.415 e. The number of benzene rings is 1. The van der Waals surface area contributed by atoms with Gasteiger partial charge in [-0.3, -0.25) is 33.7 Å². The lowest BCUT2D eigenvalue weighted by Crippen LogP contribution is -2.51. The van der Waals surface area contributed by atoms with Gasteiger partial charge in [0, 0.05) is 143 Å². The summed E-state index contributed by atoms with van der Waals surface area (Å²) in [7, 11) is 5.73. The Bertz CT molecular complexity index is 3120. The molecule has 4 aromatic rings. The first-order valence-electron chi connectivity index (χ1n) is 36.0. The summed E-state index contributed by atoms with van der Waals surface area (Å²) in [6.07, 6.45) is 1.28. The summed E-state index contributed by atoms with van der Waals surface area (Å²) in [4.78, 5) is 102. The van der Waals surface area contributed by atoms with Crippen LogP contribution in [-0.4, -0.2) is 306 Å². The SMILES string of the molecule is CCC(CO)OC(CO)OC.CCC(CO)OC(COC(=O)CCCC(=O)NCCN1CCN(C(=O)Oc2cccc(-c3nc(N4CCOCC4)c4oc5ncccc5c4n3)c2)CC1)OC.CCC(CO)OC(COC(=O)CCCC(=O)NCCS)OC.CCC(CO)OC(COC(=O)CCCC(=O)O)OC. The average Bonchev–Trinajstić information content (AvgIpc) is 1.61. The molecule has 1 aromatic carbocycles. The van der Waals surface area contributed by atoms with Crippen LogP contribution in [0.4, 0.5) is 10.6 Å². The molecule has 0 saturated carbocycles. The molecule has 0 radical (unpaired) electrons. The van der Waals surface area contributed by atoms with Crippen molar-refractivity contribution >= 4 is 82.4 Å². The number of carbonyl (C=O) groups is 7. The Labute approximate surface area is 630 Å². The number of hydrogen-bond donors (Lipinski definition) is 9. The first kappa shape index (κ1) is 94.1. The highest BCUT2D eigenvalue weighted by Crippen LogP contribution is 2.35. The number of pyridine rings is 1. The number of carboxylic acids is 1. The standard InChI is InChI=1S/C38H49N7O10.C14H27NO6S.C12H22O7.C7H16O4/c1-3-27(24-46)53-32(50-2)25-52-31(48)11-5-10-30(47)39-13-14-43-15-17-45(18-16-43)38(49)54-28-8-4-7-26(23-28)35-41-33-29-9-6-12-40-37(29)55-34(33)36(42-35)44-19-21-51-22-20-44;1-3-11(9-16)21-14(19-2)10-20-13(18)6-4-5-12(17)15-7-8-22;1-3-9(7-13)19-12(17-2)8-18-11(16)6-4-5-10(14)15;1-3-6(4-8)11-7(5-9)10-2/h4,6-9,12,23,27,32,46H,3,5,10-11,13-22,24-25H2,1-2H3,(H,39,47);11,14,16,22H,3-10H2,1-2H3,(H,15,17);9,12-13H,3-8H2,1-2H3,(H,14,15);6-9H,3-5H2,1-2H3. The minimum Gasteiger partial charge on any atom is -0.481 e. The van der Waals surface area contributed by atoms with Gasteiger partial charge in [0.05, 0.1) is 76.1 Å².